The largest absolute Gasteiger partial charge is 0.486 e. The summed E-state index contributed by atoms with van der Waals surface area (Å²) in [5.41, 5.74) is 1.63. The number of pyridine rings is 1. The molecule has 0 saturated carbocycles. The second-order valence-corrected chi connectivity index (χ2v) is 4.38. The van der Waals surface area contributed by atoms with Crippen molar-refractivity contribution in [2.45, 2.75) is 6.54 Å². The van der Waals surface area contributed by atoms with E-state index in [1.165, 1.54) is 0 Å². The fourth-order valence-corrected chi connectivity index (χ4v) is 1.95. The zero-order valence-electron chi connectivity index (χ0n) is 10.8. The molecule has 100 valence electrons. The van der Waals surface area contributed by atoms with E-state index in [-0.39, 0.29) is 0 Å². The molecule has 0 unspecified atom stereocenters. The highest BCUT2D eigenvalue weighted by Crippen LogP contribution is 2.30. The lowest BCUT2D eigenvalue weighted by Crippen LogP contribution is -2.15. The van der Waals surface area contributed by atoms with E-state index in [0.717, 1.165) is 22.9 Å². The van der Waals surface area contributed by atoms with Crippen molar-refractivity contribution in [2.75, 3.05) is 18.5 Å². The number of benzene rings is 1. The molecular formula is C15H13N3O2. The lowest BCUT2D eigenvalue weighted by molar-refractivity contribution is 0.171. The maximum absolute atomic E-state index is 8.71. The summed E-state index contributed by atoms with van der Waals surface area (Å²) in [7, 11) is 0. The van der Waals surface area contributed by atoms with Crippen LogP contribution in [0.3, 0.4) is 0 Å². The van der Waals surface area contributed by atoms with Crippen LogP contribution in [-0.2, 0) is 6.54 Å². The Bertz CT molecular complexity index is 647. The minimum Gasteiger partial charge on any atom is -0.486 e. The minimum absolute atomic E-state index is 0.551. The lowest BCUT2D eigenvalue weighted by Gasteiger charge is -2.19. The second-order valence-electron chi connectivity index (χ2n) is 4.38. The van der Waals surface area contributed by atoms with Gasteiger partial charge in [-0.3, -0.25) is 0 Å². The molecule has 1 aliphatic heterocycles. The number of nitriles is 1. The number of fused-ring (bicyclic) bond motifs is 1. The fourth-order valence-electron chi connectivity index (χ4n) is 1.95. The highest BCUT2D eigenvalue weighted by molar-refractivity contribution is 5.45. The van der Waals surface area contributed by atoms with Crippen molar-refractivity contribution < 1.29 is 9.47 Å². The van der Waals surface area contributed by atoms with Gasteiger partial charge in [-0.05, 0) is 29.8 Å². The van der Waals surface area contributed by atoms with Crippen LogP contribution in [0.5, 0.6) is 11.5 Å². The van der Waals surface area contributed by atoms with E-state index in [2.05, 4.69) is 10.3 Å². The van der Waals surface area contributed by atoms with Gasteiger partial charge in [-0.15, -0.1) is 0 Å². The quantitative estimate of drug-likeness (QED) is 0.924. The molecule has 5 heteroatoms. The second kappa shape index (κ2) is 5.49. The van der Waals surface area contributed by atoms with Gasteiger partial charge in [0.25, 0.3) is 0 Å². The topological polar surface area (TPSA) is 67.2 Å². The summed E-state index contributed by atoms with van der Waals surface area (Å²) in [6.07, 6.45) is 1.55. The number of nitrogens with zero attached hydrogens (tertiary/aromatic N) is 2. The zero-order chi connectivity index (χ0) is 13.8. The molecule has 0 aliphatic carbocycles. The summed E-state index contributed by atoms with van der Waals surface area (Å²) in [6, 6.07) is 11.4. The first-order chi connectivity index (χ1) is 9.85. The molecule has 0 fully saturated rings. The Labute approximate surface area is 116 Å². The van der Waals surface area contributed by atoms with E-state index in [1.807, 2.05) is 24.3 Å². The Morgan fingerprint density at radius 2 is 2.00 bits per heavy atom. The molecule has 5 nitrogen and oxygen atoms in total. The SMILES string of the molecule is N#Cc1ccc(NCc2ccc3c(c2)OCCO3)nc1. The number of hydrogen-bond acceptors (Lipinski definition) is 5. The van der Waals surface area contributed by atoms with Crippen LogP contribution >= 0.6 is 0 Å². The Balaban J connectivity index is 1.67. The van der Waals surface area contributed by atoms with Gasteiger partial charge in [-0.1, -0.05) is 6.07 Å². The molecular weight excluding hydrogens is 254 g/mol. The normalized spacial score (nSPS) is 12.6. The summed E-state index contributed by atoms with van der Waals surface area (Å²) < 4.78 is 11.0. The van der Waals surface area contributed by atoms with Crippen LogP contribution in [0.2, 0.25) is 0 Å². The smallest absolute Gasteiger partial charge is 0.161 e. The van der Waals surface area contributed by atoms with Crippen LogP contribution in [0, 0.1) is 11.3 Å². The van der Waals surface area contributed by atoms with Crippen molar-refractivity contribution in [1.29, 1.82) is 5.26 Å². The number of ether oxygens (including phenoxy) is 2. The van der Waals surface area contributed by atoms with Crippen molar-refractivity contribution in [3.8, 4) is 17.6 Å². The Kier molecular flexibility index (Phi) is 3.38. The van der Waals surface area contributed by atoms with Crippen LogP contribution in [-0.4, -0.2) is 18.2 Å². The van der Waals surface area contributed by atoms with Crippen LogP contribution < -0.4 is 14.8 Å². The number of anilines is 1. The predicted octanol–water partition coefficient (Wildman–Crippen LogP) is 2.34. The van der Waals surface area contributed by atoms with Crippen LogP contribution in [0.1, 0.15) is 11.1 Å². The zero-order valence-corrected chi connectivity index (χ0v) is 10.8. The van der Waals surface area contributed by atoms with Crippen molar-refractivity contribution in [2.24, 2.45) is 0 Å². The van der Waals surface area contributed by atoms with Crippen LogP contribution in [0.25, 0.3) is 0 Å². The number of rotatable bonds is 3. The van der Waals surface area contributed by atoms with Gasteiger partial charge in [0.1, 0.15) is 25.1 Å². The Morgan fingerprint density at radius 3 is 2.75 bits per heavy atom. The van der Waals surface area contributed by atoms with Gasteiger partial charge in [0, 0.05) is 12.7 Å². The van der Waals surface area contributed by atoms with E-state index >= 15 is 0 Å². The maximum atomic E-state index is 8.71. The number of aromatic nitrogens is 1. The molecule has 0 atom stereocenters. The van der Waals surface area contributed by atoms with Crippen molar-refractivity contribution in [1.82, 2.24) is 4.98 Å². The van der Waals surface area contributed by atoms with Crippen molar-refractivity contribution >= 4 is 5.82 Å². The maximum Gasteiger partial charge on any atom is 0.161 e. The van der Waals surface area contributed by atoms with Gasteiger partial charge in [0.15, 0.2) is 11.5 Å². The highest BCUT2D eigenvalue weighted by atomic mass is 16.6. The lowest BCUT2D eigenvalue weighted by atomic mass is 10.2. The minimum atomic E-state index is 0.551. The molecule has 20 heavy (non-hydrogen) atoms. The molecule has 1 aromatic heterocycles. The van der Waals surface area contributed by atoms with Crippen LogP contribution in [0.15, 0.2) is 36.5 Å². The van der Waals surface area contributed by atoms with E-state index in [9.17, 15) is 0 Å². The molecule has 0 amide bonds. The summed E-state index contributed by atoms with van der Waals surface area (Å²) in [6.45, 7) is 1.82. The third kappa shape index (κ3) is 2.64. The van der Waals surface area contributed by atoms with Crippen LogP contribution in [0.4, 0.5) is 5.82 Å². The van der Waals surface area contributed by atoms with Gasteiger partial charge >= 0.3 is 0 Å². The third-order valence-corrected chi connectivity index (χ3v) is 2.97. The van der Waals surface area contributed by atoms with Gasteiger partial charge in [0.05, 0.1) is 5.56 Å². The number of nitrogens with one attached hydrogen (secondary N) is 1. The fraction of sp³-hybridized carbons (Fsp3) is 0.200. The van der Waals surface area contributed by atoms with Crippen molar-refractivity contribution in [3.05, 3.63) is 47.7 Å². The molecule has 1 aromatic carbocycles. The van der Waals surface area contributed by atoms with E-state index in [0.29, 0.717) is 25.3 Å². The molecule has 0 spiro atoms. The summed E-state index contributed by atoms with van der Waals surface area (Å²) in [5, 5.41) is 11.9. The van der Waals surface area contributed by atoms with E-state index in [1.54, 1.807) is 18.3 Å². The molecule has 0 saturated heterocycles. The predicted molar refractivity (Wildman–Crippen MR) is 73.7 cm³/mol. The van der Waals surface area contributed by atoms with Gasteiger partial charge in [-0.2, -0.15) is 5.26 Å². The average Bonchev–Trinajstić information content (AvgIpc) is 2.53. The number of hydrogen-bond donors (Lipinski definition) is 1. The summed E-state index contributed by atoms with van der Waals surface area (Å²) in [5.74, 6) is 2.30. The standard InChI is InChI=1S/C15H13N3O2/c16-8-12-2-4-15(18-10-12)17-9-11-1-3-13-14(7-11)20-6-5-19-13/h1-4,7,10H,5-6,9H2,(H,17,18). The summed E-state index contributed by atoms with van der Waals surface area (Å²) >= 11 is 0. The first-order valence-corrected chi connectivity index (χ1v) is 6.34. The average molecular weight is 267 g/mol. The third-order valence-electron chi connectivity index (χ3n) is 2.97. The molecule has 3 rings (SSSR count). The molecule has 1 aliphatic rings. The van der Waals surface area contributed by atoms with E-state index < -0.39 is 0 Å². The molecule has 1 N–H and O–H groups in total. The van der Waals surface area contributed by atoms with Gasteiger partial charge < -0.3 is 14.8 Å². The summed E-state index contributed by atoms with van der Waals surface area (Å²) in [4.78, 5) is 4.16. The molecule has 2 heterocycles. The Hall–Kier alpha value is -2.74. The highest BCUT2D eigenvalue weighted by Gasteiger charge is 2.11. The van der Waals surface area contributed by atoms with Gasteiger partial charge in [0.2, 0.25) is 0 Å². The molecule has 0 bridgehead atoms. The van der Waals surface area contributed by atoms with Crippen molar-refractivity contribution in [3.63, 3.8) is 0 Å². The Morgan fingerprint density at radius 1 is 1.15 bits per heavy atom. The first-order valence-electron chi connectivity index (χ1n) is 6.34. The van der Waals surface area contributed by atoms with E-state index in [4.69, 9.17) is 14.7 Å². The monoisotopic (exact) mass is 267 g/mol. The first kappa shape index (κ1) is 12.3. The van der Waals surface area contributed by atoms with Gasteiger partial charge in [-0.25, -0.2) is 4.98 Å². The molecule has 2 aromatic rings. The molecule has 0 radical (unpaired) electrons.